The van der Waals surface area contributed by atoms with Crippen LogP contribution >= 0.6 is 23.4 Å². The molecule has 0 saturated heterocycles. The van der Waals surface area contributed by atoms with Crippen molar-refractivity contribution in [1.29, 1.82) is 0 Å². The molecule has 114 valence electrons. The van der Waals surface area contributed by atoms with Gasteiger partial charge >= 0.3 is 5.97 Å². The van der Waals surface area contributed by atoms with Gasteiger partial charge in [-0.25, -0.2) is 14.8 Å². The Kier molecular flexibility index (Phi) is 5.12. The van der Waals surface area contributed by atoms with Gasteiger partial charge in [-0.15, -0.1) is 0 Å². The van der Waals surface area contributed by atoms with Gasteiger partial charge in [-0.2, -0.15) is 4.98 Å². The van der Waals surface area contributed by atoms with E-state index < -0.39 is 5.97 Å². The van der Waals surface area contributed by atoms with Gasteiger partial charge in [0.1, 0.15) is 6.33 Å². The lowest BCUT2D eigenvalue weighted by molar-refractivity contribution is -0.113. The first-order valence-electron chi connectivity index (χ1n) is 5.85. The first-order chi connectivity index (χ1) is 10.5. The Morgan fingerprint density at radius 2 is 2.14 bits per heavy atom. The monoisotopic (exact) mass is 339 g/mol. The van der Waals surface area contributed by atoms with E-state index in [1.54, 1.807) is 0 Å². The van der Waals surface area contributed by atoms with E-state index in [0.717, 1.165) is 11.8 Å². The van der Waals surface area contributed by atoms with Crippen molar-refractivity contribution in [3.63, 3.8) is 0 Å². The molecule has 0 bridgehead atoms. The van der Waals surface area contributed by atoms with E-state index in [9.17, 15) is 9.59 Å². The third-order valence-corrected chi connectivity index (χ3v) is 3.57. The minimum absolute atomic E-state index is 0.0362. The molecule has 0 unspecified atom stereocenters. The largest absolute Gasteiger partial charge is 0.478 e. The number of hydrogen-bond donors (Lipinski definition) is 3. The van der Waals surface area contributed by atoms with Gasteiger partial charge in [-0.1, -0.05) is 23.4 Å². The van der Waals surface area contributed by atoms with Gasteiger partial charge in [0.2, 0.25) is 11.9 Å². The van der Waals surface area contributed by atoms with Gasteiger partial charge in [0.25, 0.3) is 0 Å². The molecule has 0 fully saturated rings. The Morgan fingerprint density at radius 1 is 1.36 bits per heavy atom. The summed E-state index contributed by atoms with van der Waals surface area (Å²) in [6.45, 7) is 0. The maximum Gasteiger partial charge on any atom is 0.337 e. The summed E-state index contributed by atoms with van der Waals surface area (Å²) < 4.78 is 0. The van der Waals surface area contributed by atoms with Gasteiger partial charge < -0.3 is 16.2 Å². The van der Waals surface area contributed by atoms with Gasteiger partial charge in [-0.05, 0) is 18.2 Å². The minimum atomic E-state index is -1.17. The number of hydrogen-bond acceptors (Lipinski definition) is 7. The number of halogens is 1. The van der Waals surface area contributed by atoms with E-state index in [-0.39, 0.29) is 28.2 Å². The number of thioether (sulfide) groups is 1. The zero-order valence-electron chi connectivity index (χ0n) is 11.0. The molecule has 0 aliphatic carbocycles. The first kappa shape index (κ1) is 16.0. The van der Waals surface area contributed by atoms with Crippen LogP contribution in [-0.4, -0.2) is 37.7 Å². The maximum absolute atomic E-state index is 11.8. The van der Waals surface area contributed by atoms with E-state index in [4.69, 9.17) is 22.4 Å². The predicted octanol–water partition coefficient (Wildman–Crippen LogP) is 1.54. The fraction of sp³-hybridized carbons (Fsp3) is 0.0833. The Labute approximate surface area is 134 Å². The molecule has 4 N–H and O–H groups in total. The van der Waals surface area contributed by atoms with Gasteiger partial charge in [0, 0.05) is 5.69 Å². The summed E-state index contributed by atoms with van der Waals surface area (Å²) in [5.74, 6) is -1.41. The molecule has 0 aliphatic heterocycles. The number of carbonyl (C=O) groups excluding carboxylic acids is 1. The Bertz CT molecular complexity index is 728. The van der Waals surface area contributed by atoms with Crippen LogP contribution in [-0.2, 0) is 4.79 Å². The maximum atomic E-state index is 11.8. The lowest BCUT2D eigenvalue weighted by Gasteiger charge is -2.06. The number of rotatable bonds is 5. The van der Waals surface area contributed by atoms with Crippen molar-refractivity contribution in [1.82, 2.24) is 15.0 Å². The third-order valence-electron chi connectivity index (χ3n) is 2.38. The van der Waals surface area contributed by atoms with Crippen LogP contribution in [0.3, 0.4) is 0 Å². The number of amides is 1. The van der Waals surface area contributed by atoms with Crippen molar-refractivity contribution in [3.05, 3.63) is 35.1 Å². The second-order valence-electron chi connectivity index (χ2n) is 3.96. The summed E-state index contributed by atoms with van der Waals surface area (Å²) in [5, 5.41) is 12.0. The highest BCUT2D eigenvalue weighted by atomic mass is 35.5. The second kappa shape index (κ2) is 7.05. The number of nitrogens with one attached hydrogen (secondary N) is 1. The molecule has 0 radical (unpaired) electrons. The van der Waals surface area contributed by atoms with E-state index in [0.29, 0.717) is 10.8 Å². The zero-order chi connectivity index (χ0) is 16.1. The van der Waals surface area contributed by atoms with Crippen LogP contribution in [0.1, 0.15) is 10.4 Å². The Hall–Kier alpha value is -2.39. The first-order valence-corrected chi connectivity index (χ1v) is 7.22. The average molecular weight is 340 g/mol. The molecule has 22 heavy (non-hydrogen) atoms. The van der Waals surface area contributed by atoms with Crippen molar-refractivity contribution in [3.8, 4) is 0 Å². The second-order valence-corrected chi connectivity index (χ2v) is 5.31. The quantitative estimate of drug-likeness (QED) is 0.699. The van der Waals surface area contributed by atoms with Gasteiger partial charge in [0.05, 0.1) is 16.3 Å². The molecule has 1 heterocycles. The number of nitrogens with zero attached hydrogens (tertiary/aromatic N) is 3. The number of aromatic nitrogens is 3. The number of carbonyl (C=O) groups is 2. The molecule has 8 nitrogen and oxygen atoms in total. The smallest absolute Gasteiger partial charge is 0.337 e. The lowest BCUT2D eigenvalue weighted by atomic mass is 10.2. The molecule has 0 atom stereocenters. The van der Waals surface area contributed by atoms with Crippen LogP contribution in [0, 0.1) is 0 Å². The molecular formula is C12H10ClN5O3S. The molecule has 0 spiro atoms. The fourth-order valence-corrected chi connectivity index (χ4v) is 2.27. The van der Waals surface area contributed by atoms with Crippen LogP contribution in [0.25, 0.3) is 0 Å². The molecular weight excluding hydrogens is 330 g/mol. The Morgan fingerprint density at radius 3 is 2.82 bits per heavy atom. The standard InChI is InChI=1S/C12H10ClN5O3S/c13-8-2-1-6(3-7(8)10(20)21)17-9(19)4-22-12-16-5-15-11(14)18-12/h1-3,5H,4H2,(H,17,19)(H,20,21)(H2,14,15,16,18). The van der Waals surface area contributed by atoms with Crippen LogP contribution in [0.2, 0.25) is 5.02 Å². The summed E-state index contributed by atoms with van der Waals surface area (Å²) in [6, 6.07) is 4.20. The molecule has 1 aromatic carbocycles. The molecule has 2 rings (SSSR count). The molecule has 2 aromatic rings. The minimum Gasteiger partial charge on any atom is -0.478 e. The molecule has 10 heteroatoms. The van der Waals surface area contributed by atoms with Crippen molar-refractivity contribution in [2.45, 2.75) is 5.16 Å². The predicted molar refractivity (Wildman–Crippen MR) is 82.0 cm³/mol. The van der Waals surface area contributed by atoms with Crippen LogP contribution in [0.15, 0.2) is 29.7 Å². The number of carboxylic acids is 1. The number of anilines is 2. The number of aromatic carboxylic acids is 1. The lowest BCUT2D eigenvalue weighted by Crippen LogP contribution is -2.15. The molecule has 0 saturated carbocycles. The van der Waals surface area contributed by atoms with E-state index in [1.807, 2.05) is 0 Å². The highest BCUT2D eigenvalue weighted by Gasteiger charge is 2.11. The Balaban J connectivity index is 1.97. The summed E-state index contributed by atoms with van der Waals surface area (Å²) in [7, 11) is 0. The topological polar surface area (TPSA) is 131 Å². The fourth-order valence-electron chi connectivity index (χ4n) is 1.46. The van der Waals surface area contributed by atoms with E-state index >= 15 is 0 Å². The van der Waals surface area contributed by atoms with Crippen molar-refractivity contribution in [2.24, 2.45) is 0 Å². The molecule has 1 aromatic heterocycles. The number of benzene rings is 1. The SMILES string of the molecule is Nc1ncnc(SCC(=O)Nc2ccc(Cl)c(C(=O)O)c2)n1. The van der Waals surface area contributed by atoms with Gasteiger partial charge in [0.15, 0.2) is 5.16 Å². The van der Waals surface area contributed by atoms with Crippen LogP contribution in [0.4, 0.5) is 11.6 Å². The summed E-state index contributed by atoms with van der Waals surface area (Å²) >= 11 is 6.83. The van der Waals surface area contributed by atoms with Crippen molar-refractivity contribution in [2.75, 3.05) is 16.8 Å². The molecule has 0 aliphatic rings. The van der Waals surface area contributed by atoms with Crippen LogP contribution in [0.5, 0.6) is 0 Å². The van der Waals surface area contributed by atoms with Crippen LogP contribution < -0.4 is 11.1 Å². The van der Waals surface area contributed by atoms with E-state index in [1.165, 1.54) is 24.5 Å². The van der Waals surface area contributed by atoms with E-state index in [2.05, 4.69) is 20.3 Å². The summed E-state index contributed by atoms with van der Waals surface area (Å²) in [6.07, 6.45) is 1.25. The zero-order valence-corrected chi connectivity index (χ0v) is 12.6. The highest BCUT2D eigenvalue weighted by Crippen LogP contribution is 2.21. The normalized spacial score (nSPS) is 10.2. The highest BCUT2D eigenvalue weighted by molar-refractivity contribution is 7.99. The summed E-state index contributed by atoms with van der Waals surface area (Å²) in [5.41, 5.74) is 5.65. The third kappa shape index (κ3) is 4.30. The van der Waals surface area contributed by atoms with Crippen molar-refractivity contribution >= 4 is 46.9 Å². The van der Waals surface area contributed by atoms with Crippen molar-refractivity contribution < 1.29 is 14.7 Å². The number of carboxylic acid groups (broad SMARTS) is 1. The number of nitrogen functional groups attached to an aromatic ring is 1. The molecule has 1 amide bonds. The summed E-state index contributed by atoms with van der Waals surface area (Å²) in [4.78, 5) is 34.1. The number of nitrogens with two attached hydrogens (primary N) is 1. The van der Waals surface area contributed by atoms with Gasteiger partial charge in [-0.3, -0.25) is 4.79 Å². The average Bonchev–Trinajstić information content (AvgIpc) is 2.47.